The van der Waals surface area contributed by atoms with Gasteiger partial charge in [0.1, 0.15) is 0 Å². The number of likely N-dealkylation sites (N-methyl/N-ethyl adjacent to an activating group) is 1. The van der Waals surface area contributed by atoms with Crippen LogP contribution in [0.3, 0.4) is 0 Å². The second-order valence-corrected chi connectivity index (χ2v) is 7.15. The van der Waals surface area contributed by atoms with Gasteiger partial charge in [0.2, 0.25) is 10.0 Å². The molecular formula is C15H25NO3S. The van der Waals surface area contributed by atoms with Crippen LogP contribution in [0.5, 0.6) is 0 Å². The van der Waals surface area contributed by atoms with Crippen LogP contribution in [0.2, 0.25) is 0 Å². The minimum Gasteiger partial charge on any atom is -0.395 e. The monoisotopic (exact) mass is 299 g/mol. The van der Waals surface area contributed by atoms with Crippen LogP contribution in [0.15, 0.2) is 29.2 Å². The minimum absolute atomic E-state index is 0.190. The molecule has 0 aliphatic rings. The van der Waals surface area contributed by atoms with Gasteiger partial charge in [-0.2, -0.15) is 4.31 Å². The van der Waals surface area contributed by atoms with Crippen LogP contribution < -0.4 is 0 Å². The first-order valence-corrected chi connectivity index (χ1v) is 8.55. The Bertz CT molecular complexity index is 496. The summed E-state index contributed by atoms with van der Waals surface area (Å²) in [5, 5.41) is 9.07. The molecular weight excluding hydrogens is 274 g/mol. The fraction of sp³-hybridized carbons (Fsp3) is 0.600. The van der Waals surface area contributed by atoms with Crippen LogP contribution in [0.4, 0.5) is 0 Å². The summed E-state index contributed by atoms with van der Waals surface area (Å²) in [6, 6.07) is 6.62. The van der Waals surface area contributed by atoms with Crippen molar-refractivity contribution in [1.82, 2.24) is 4.31 Å². The van der Waals surface area contributed by atoms with Crippen molar-refractivity contribution in [2.45, 2.75) is 50.5 Å². The van der Waals surface area contributed by atoms with Gasteiger partial charge in [-0.1, -0.05) is 31.9 Å². The molecule has 0 amide bonds. The third-order valence-electron chi connectivity index (χ3n) is 3.55. The Labute approximate surface area is 122 Å². The molecule has 1 aromatic carbocycles. The quantitative estimate of drug-likeness (QED) is 0.750. The van der Waals surface area contributed by atoms with Crippen molar-refractivity contribution in [3.63, 3.8) is 0 Å². The molecule has 114 valence electrons. The summed E-state index contributed by atoms with van der Waals surface area (Å²) >= 11 is 0. The van der Waals surface area contributed by atoms with E-state index in [1.165, 1.54) is 24.2 Å². The van der Waals surface area contributed by atoms with E-state index in [4.69, 9.17) is 5.11 Å². The number of aliphatic hydroxyl groups excluding tert-OH is 1. The van der Waals surface area contributed by atoms with Crippen LogP contribution in [0, 0.1) is 0 Å². The predicted octanol–water partition coefficient (Wildman–Crippen LogP) is 2.42. The number of aryl methyl sites for hydroxylation is 1. The van der Waals surface area contributed by atoms with Gasteiger partial charge in [-0.15, -0.1) is 0 Å². The molecule has 20 heavy (non-hydrogen) atoms. The van der Waals surface area contributed by atoms with Crippen molar-refractivity contribution in [3.8, 4) is 0 Å². The average Bonchev–Trinajstić information content (AvgIpc) is 2.46. The standard InChI is InChI=1S/C15H25NO3S/c1-4-5-6-7-14-8-10-15(11-9-14)20(18,19)16(3)13(2)12-17/h8-11,13,17H,4-7,12H2,1-3H3. The maximum atomic E-state index is 12.3. The molecule has 4 nitrogen and oxygen atoms in total. The topological polar surface area (TPSA) is 57.6 Å². The molecule has 1 rings (SSSR count). The van der Waals surface area contributed by atoms with Gasteiger partial charge in [0.25, 0.3) is 0 Å². The van der Waals surface area contributed by atoms with Crippen molar-refractivity contribution >= 4 is 10.0 Å². The predicted molar refractivity (Wildman–Crippen MR) is 81.2 cm³/mol. The van der Waals surface area contributed by atoms with Gasteiger partial charge in [0.05, 0.1) is 11.5 Å². The second kappa shape index (κ2) is 7.76. The first-order chi connectivity index (χ1) is 9.43. The maximum Gasteiger partial charge on any atom is 0.243 e. The van der Waals surface area contributed by atoms with E-state index in [1.807, 2.05) is 12.1 Å². The van der Waals surface area contributed by atoms with Gasteiger partial charge >= 0.3 is 0 Å². The van der Waals surface area contributed by atoms with Gasteiger partial charge in [0, 0.05) is 13.1 Å². The van der Waals surface area contributed by atoms with Crippen molar-refractivity contribution in [3.05, 3.63) is 29.8 Å². The number of nitrogens with zero attached hydrogens (tertiary/aromatic N) is 1. The first-order valence-electron chi connectivity index (χ1n) is 7.11. The number of benzene rings is 1. The normalized spacial score (nSPS) is 13.7. The molecule has 0 spiro atoms. The van der Waals surface area contributed by atoms with Crippen LogP contribution in [-0.2, 0) is 16.4 Å². The fourth-order valence-electron chi connectivity index (χ4n) is 1.93. The largest absolute Gasteiger partial charge is 0.395 e. The summed E-state index contributed by atoms with van der Waals surface area (Å²) in [7, 11) is -2.03. The summed E-state index contributed by atoms with van der Waals surface area (Å²) < 4.78 is 25.8. The van der Waals surface area contributed by atoms with Crippen LogP contribution >= 0.6 is 0 Å². The van der Waals surface area contributed by atoms with E-state index in [0.29, 0.717) is 0 Å². The molecule has 0 aromatic heterocycles. The molecule has 0 heterocycles. The lowest BCUT2D eigenvalue weighted by Crippen LogP contribution is -2.37. The highest BCUT2D eigenvalue weighted by Gasteiger charge is 2.24. The number of hydrogen-bond acceptors (Lipinski definition) is 3. The van der Waals surface area contributed by atoms with Crippen LogP contribution in [0.25, 0.3) is 0 Å². The number of unbranched alkanes of at least 4 members (excludes halogenated alkanes) is 2. The van der Waals surface area contributed by atoms with Gasteiger partial charge in [-0.05, 0) is 37.5 Å². The molecule has 5 heteroatoms. The van der Waals surface area contributed by atoms with Gasteiger partial charge < -0.3 is 5.11 Å². The summed E-state index contributed by atoms with van der Waals surface area (Å²) in [6.07, 6.45) is 4.48. The fourth-order valence-corrected chi connectivity index (χ4v) is 3.28. The zero-order chi connectivity index (χ0) is 15.2. The Kier molecular flexibility index (Phi) is 6.65. The van der Waals surface area contributed by atoms with Crippen molar-refractivity contribution in [2.75, 3.05) is 13.7 Å². The van der Waals surface area contributed by atoms with E-state index >= 15 is 0 Å². The average molecular weight is 299 g/mol. The molecule has 1 atom stereocenters. The Morgan fingerprint density at radius 2 is 1.80 bits per heavy atom. The Hall–Kier alpha value is -0.910. The molecule has 0 aliphatic heterocycles. The lowest BCUT2D eigenvalue weighted by atomic mass is 10.1. The number of hydrogen-bond donors (Lipinski definition) is 1. The number of sulfonamides is 1. The molecule has 0 bridgehead atoms. The first kappa shape index (κ1) is 17.1. The summed E-state index contributed by atoms with van der Waals surface area (Å²) in [4.78, 5) is 0.277. The molecule has 0 radical (unpaired) electrons. The molecule has 1 aromatic rings. The van der Waals surface area contributed by atoms with E-state index in [-0.39, 0.29) is 11.5 Å². The lowest BCUT2D eigenvalue weighted by molar-refractivity contribution is 0.214. The van der Waals surface area contributed by atoms with E-state index in [1.54, 1.807) is 19.1 Å². The zero-order valence-corrected chi connectivity index (χ0v) is 13.4. The molecule has 1 unspecified atom stereocenters. The zero-order valence-electron chi connectivity index (χ0n) is 12.5. The highest BCUT2D eigenvalue weighted by molar-refractivity contribution is 7.89. The van der Waals surface area contributed by atoms with Crippen LogP contribution in [-0.4, -0.2) is 37.5 Å². The lowest BCUT2D eigenvalue weighted by Gasteiger charge is -2.22. The van der Waals surface area contributed by atoms with E-state index in [2.05, 4.69) is 6.92 Å². The molecule has 1 N–H and O–H groups in total. The van der Waals surface area contributed by atoms with E-state index < -0.39 is 16.1 Å². The Balaban J connectivity index is 2.81. The summed E-state index contributed by atoms with van der Waals surface area (Å²) in [5.41, 5.74) is 1.16. The maximum absolute atomic E-state index is 12.3. The number of rotatable bonds is 8. The third-order valence-corrected chi connectivity index (χ3v) is 5.54. The second-order valence-electron chi connectivity index (χ2n) is 5.15. The molecule has 0 saturated heterocycles. The van der Waals surface area contributed by atoms with E-state index in [0.717, 1.165) is 18.4 Å². The smallest absolute Gasteiger partial charge is 0.243 e. The highest BCUT2D eigenvalue weighted by Crippen LogP contribution is 2.18. The minimum atomic E-state index is -3.52. The summed E-state index contributed by atoms with van der Waals surface area (Å²) in [5.74, 6) is 0. The van der Waals surface area contributed by atoms with Crippen molar-refractivity contribution in [1.29, 1.82) is 0 Å². The number of aliphatic hydroxyl groups is 1. The molecule has 0 fully saturated rings. The van der Waals surface area contributed by atoms with Crippen LogP contribution in [0.1, 0.15) is 38.7 Å². The van der Waals surface area contributed by atoms with Gasteiger partial charge in [-0.25, -0.2) is 8.42 Å². The Morgan fingerprint density at radius 1 is 1.20 bits per heavy atom. The van der Waals surface area contributed by atoms with Crippen molar-refractivity contribution in [2.24, 2.45) is 0 Å². The van der Waals surface area contributed by atoms with E-state index in [9.17, 15) is 8.42 Å². The Morgan fingerprint density at radius 3 is 2.30 bits per heavy atom. The van der Waals surface area contributed by atoms with Gasteiger partial charge in [0.15, 0.2) is 0 Å². The third kappa shape index (κ3) is 4.30. The van der Waals surface area contributed by atoms with Crippen molar-refractivity contribution < 1.29 is 13.5 Å². The highest BCUT2D eigenvalue weighted by atomic mass is 32.2. The van der Waals surface area contributed by atoms with Gasteiger partial charge in [-0.3, -0.25) is 0 Å². The SMILES string of the molecule is CCCCCc1ccc(S(=O)(=O)N(C)C(C)CO)cc1. The molecule has 0 aliphatic carbocycles. The molecule has 0 saturated carbocycles. The summed E-state index contributed by atoms with van der Waals surface area (Å²) in [6.45, 7) is 3.65.